The lowest BCUT2D eigenvalue weighted by atomic mass is 10.1. The second-order valence-electron chi connectivity index (χ2n) is 6.57. The molecule has 7 nitrogen and oxygen atoms in total. The number of thioether (sulfide) groups is 1. The summed E-state index contributed by atoms with van der Waals surface area (Å²) < 4.78 is 12.7. The van der Waals surface area contributed by atoms with Crippen LogP contribution >= 0.6 is 23.1 Å². The number of rotatable bonds is 8. The maximum absolute atomic E-state index is 12.5. The fourth-order valence-corrected chi connectivity index (χ4v) is 4.83. The summed E-state index contributed by atoms with van der Waals surface area (Å²) in [5.41, 5.74) is 3.67. The highest BCUT2D eigenvalue weighted by atomic mass is 32.2. The maximum atomic E-state index is 12.5. The Balaban J connectivity index is 1.42. The summed E-state index contributed by atoms with van der Waals surface area (Å²) in [5.74, 6) is 1.43. The van der Waals surface area contributed by atoms with Gasteiger partial charge in [-0.3, -0.25) is 4.79 Å². The van der Waals surface area contributed by atoms with Crippen molar-refractivity contribution in [2.24, 2.45) is 0 Å². The molecule has 1 N–H and O–H groups in total. The summed E-state index contributed by atoms with van der Waals surface area (Å²) >= 11 is 2.81. The molecule has 4 aromatic rings. The predicted molar refractivity (Wildman–Crippen MR) is 125 cm³/mol. The van der Waals surface area contributed by atoms with Crippen molar-refractivity contribution < 1.29 is 14.3 Å². The number of carbonyl (C=O) groups is 1. The molecule has 2 heterocycles. The molecule has 0 saturated heterocycles. The van der Waals surface area contributed by atoms with Crippen molar-refractivity contribution in [1.82, 2.24) is 14.5 Å². The van der Waals surface area contributed by atoms with Gasteiger partial charge >= 0.3 is 0 Å². The van der Waals surface area contributed by atoms with Gasteiger partial charge in [0, 0.05) is 17.5 Å². The lowest BCUT2D eigenvalue weighted by Crippen LogP contribution is -2.14. The van der Waals surface area contributed by atoms with E-state index in [9.17, 15) is 4.79 Å². The summed E-state index contributed by atoms with van der Waals surface area (Å²) in [5, 5.41) is 6.17. The van der Waals surface area contributed by atoms with Crippen molar-refractivity contribution >= 4 is 45.2 Å². The number of nitrogens with zero attached hydrogens (tertiary/aromatic N) is 3. The molecule has 1 amide bonds. The molecule has 0 spiro atoms. The number of para-hydroxylation sites is 2. The van der Waals surface area contributed by atoms with Crippen molar-refractivity contribution in [3.8, 4) is 22.8 Å². The Hall–Kier alpha value is -3.04. The number of anilines is 1. The molecule has 0 unspecified atom stereocenters. The quantitative estimate of drug-likeness (QED) is 0.381. The van der Waals surface area contributed by atoms with E-state index in [4.69, 9.17) is 9.47 Å². The molecule has 0 radical (unpaired) electrons. The van der Waals surface area contributed by atoms with Crippen LogP contribution in [0.25, 0.3) is 22.3 Å². The number of thiazole rings is 1. The number of fused-ring (bicyclic) bond motifs is 1. The molecule has 0 aliphatic carbocycles. The summed E-state index contributed by atoms with van der Waals surface area (Å²) in [4.78, 5) is 21.7. The largest absolute Gasteiger partial charge is 0.493 e. The Morgan fingerprint density at radius 2 is 1.94 bits per heavy atom. The van der Waals surface area contributed by atoms with E-state index in [0.717, 1.165) is 34.0 Å². The average molecular weight is 455 g/mol. The third-order valence-electron chi connectivity index (χ3n) is 4.70. The highest BCUT2D eigenvalue weighted by Gasteiger charge is 2.14. The lowest BCUT2D eigenvalue weighted by molar-refractivity contribution is -0.113. The molecule has 2 aromatic carbocycles. The zero-order valence-electron chi connectivity index (χ0n) is 17.4. The maximum Gasteiger partial charge on any atom is 0.236 e. The summed E-state index contributed by atoms with van der Waals surface area (Å²) in [6, 6.07) is 13.6. The van der Waals surface area contributed by atoms with E-state index in [1.165, 1.54) is 23.1 Å². The number of imidazole rings is 1. The van der Waals surface area contributed by atoms with E-state index in [-0.39, 0.29) is 11.7 Å². The predicted octanol–water partition coefficient (Wildman–Crippen LogP) is 4.93. The number of hydrogen-bond acceptors (Lipinski definition) is 7. The molecule has 0 aliphatic rings. The molecule has 0 bridgehead atoms. The monoisotopic (exact) mass is 454 g/mol. The number of amides is 1. The average Bonchev–Trinajstić information content (AvgIpc) is 3.41. The fourth-order valence-electron chi connectivity index (χ4n) is 3.21. The van der Waals surface area contributed by atoms with Crippen molar-refractivity contribution in [1.29, 1.82) is 0 Å². The molecular formula is C22H22N4O3S2. The SMILES string of the molecule is CCn1c(SCC(=O)Nc2nc(-c3ccc(OC)c(OC)c3)cs2)nc2ccccc21. The van der Waals surface area contributed by atoms with Crippen molar-refractivity contribution in [3.63, 3.8) is 0 Å². The van der Waals surface area contributed by atoms with Crippen LogP contribution in [0.4, 0.5) is 5.13 Å². The third kappa shape index (κ3) is 4.52. The molecule has 2 aromatic heterocycles. The van der Waals surface area contributed by atoms with Crippen molar-refractivity contribution in [2.45, 2.75) is 18.6 Å². The molecule has 0 saturated carbocycles. The number of aryl methyl sites for hydroxylation is 1. The van der Waals surface area contributed by atoms with E-state index < -0.39 is 0 Å². The van der Waals surface area contributed by atoms with Crippen LogP contribution < -0.4 is 14.8 Å². The zero-order valence-corrected chi connectivity index (χ0v) is 19.0. The van der Waals surface area contributed by atoms with Crippen LogP contribution in [0.15, 0.2) is 53.0 Å². The molecule has 4 rings (SSSR count). The minimum Gasteiger partial charge on any atom is -0.493 e. The van der Waals surface area contributed by atoms with Gasteiger partial charge in [-0.15, -0.1) is 11.3 Å². The highest BCUT2D eigenvalue weighted by Crippen LogP contribution is 2.33. The normalized spacial score (nSPS) is 10.9. The first-order valence-corrected chi connectivity index (χ1v) is 11.5. The van der Waals surface area contributed by atoms with E-state index in [1.54, 1.807) is 14.2 Å². The molecule has 9 heteroatoms. The van der Waals surface area contributed by atoms with Gasteiger partial charge in [0.2, 0.25) is 5.91 Å². The Morgan fingerprint density at radius 3 is 2.71 bits per heavy atom. The van der Waals surface area contributed by atoms with E-state index in [2.05, 4.69) is 26.8 Å². The van der Waals surface area contributed by atoms with Crippen molar-refractivity contribution in [3.05, 3.63) is 47.8 Å². The molecule has 31 heavy (non-hydrogen) atoms. The van der Waals surface area contributed by atoms with Crippen molar-refractivity contribution in [2.75, 3.05) is 25.3 Å². The van der Waals surface area contributed by atoms with Crippen LogP contribution in [0, 0.1) is 0 Å². The lowest BCUT2D eigenvalue weighted by Gasteiger charge is -2.08. The third-order valence-corrected chi connectivity index (χ3v) is 6.43. The number of methoxy groups -OCH3 is 2. The Labute approximate surface area is 188 Å². The highest BCUT2D eigenvalue weighted by molar-refractivity contribution is 7.99. The second kappa shape index (κ2) is 9.40. The van der Waals surface area contributed by atoms with Crippen LogP contribution in [-0.4, -0.2) is 40.4 Å². The second-order valence-corrected chi connectivity index (χ2v) is 8.37. The van der Waals surface area contributed by atoms with E-state index >= 15 is 0 Å². The molecular weight excluding hydrogens is 432 g/mol. The Morgan fingerprint density at radius 1 is 1.13 bits per heavy atom. The summed E-state index contributed by atoms with van der Waals surface area (Å²) in [7, 11) is 3.19. The number of ether oxygens (including phenoxy) is 2. The van der Waals surface area contributed by atoms with Crippen LogP contribution in [0.5, 0.6) is 11.5 Å². The van der Waals surface area contributed by atoms with Gasteiger partial charge < -0.3 is 19.4 Å². The Kier molecular flexibility index (Phi) is 6.43. The standard InChI is InChI=1S/C22H22N4O3S2/c1-4-26-17-8-6-5-7-15(17)24-22(26)31-13-20(27)25-21-23-16(12-30-21)14-9-10-18(28-2)19(11-14)29-3/h5-12H,4,13H2,1-3H3,(H,23,25,27). The minimum atomic E-state index is -0.118. The van der Waals surface area contributed by atoms with Crippen LogP contribution in [-0.2, 0) is 11.3 Å². The summed E-state index contributed by atoms with van der Waals surface area (Å²) in [6.45, 7) is 2.87. The number of carbonyl (C=O) groups excluding carboxylic acids is 1. The summed E-state index contributed by atoms with van der Waals surface area (Å²) in [6.07, 6.45) is 0. The van der Waals surface area contributed by atoms with Crippen LogP contribution in [0.3, 0.4) is 0 Å². The minimum absolute atomic E-state index is 0.118. The topological polar surface area (TPSA) is 78.3 Å². The first kappa shape index (κ1) is 21.2. The molecule has 0 aliphatic heterocycles. The Bertz CT molecular complexity index is 1220. The number of nitrogens with one attached hydrogen (secondary N) is 1. The van der Waals surface area contributed by atoms with Gasteiger partial charge in [-0.1, -0.05) is 23.9 Å². The van der Waals surface area contributed by atoms with Gasteiger partial charge in [-0.25, -0.2) is 9.97 Å². The first-order valence-electron chi connectivity index (χ1n) is 9.68. The van der Waals surface area contributed by atoms with E-state index in [1.807, 2.05) is 47.8 Å². The van der Waals surface area contributed by atoms with Gasteiger partial charge in [0.25, 0.3) is 0 Å². The van der Waals surface area contributed by atoms with Crippen LogP contribution in [0.2, 0.25) is 0 Å². The van der Waals surface area contributed by atoms with Gasteiger partial charge in [0.15, 0.2) is 21.8 Å². The number of aromatic nitrogens is 3. The first-order chi connectivity index (χ1) is 15.1. The number of hydrogen-bond donors (Lipinski definition) is 1. The smallest absolute Gasteiger partial charge is 0.236 e. The van der Waals surface area contributed by atoms with Crippen LogP contribution in [0.1, 0.15) is 6.92 Å². The molecule has 0 fully saturated rings. The van der Waals surface area contributed by atoms with Gasteiger partial charge in [-0.2, -0.15) is 0 Å². The zero-order chi connectivity index (χ0) is 21.8. The molecule has 160 valence electrons. The fraction of sp³-hybridized carbons (Fsp3) is 0.227. The van der Waals surface area contributed by atoms with Gasteiger partial charge in [-0.05, 0) is 37.3 Å². The number of benzene rings is 2. The molecule has 0 atom stereocenters. The van der Waals surface area contributed by atoms with Gasteiger partial charge in [0.05, 0.1) is 36.7 Å². The van der Waals surface area contributed by atoms with Gasteiger partial charge in [0.1, 0.15) is 0 Å². The van der Waals surface area contributed by atoms with E-state index in [0.29, 0.717) is 16.6 Å².